The van der Waals surface area contributed by atoms with Gasteiger partial charge in [-0.3, -0.25) is 9.48 Å². The molecular weight excluding hydrogens is 388 g/mol. The Morgan fingerprint density at radius 2 is 1.79 bits per heavy atom. The first-order valence-electron chi connectivity index (χ1n) is 9.84. The molecule has 0 radical (unpaired) electrons. The number of aryl methyl sites for hydroxylation is 2. The average molecular weight is 417 g/mol. The number of carbonyl (C=O) groups is 1. The summed E-state index contributed by atoms with van der Waals surface area (Å²) in [6.07, 6.45) is 6.16. The molecule has 3 rings (SSSR count). The van der Waals surface area contributed by atoms with Crippen molar-refractivity contribution in [2.24, 2.45) is 7.05 Å². The molecule has 1 amide bonds. The molecule has 8 heteroatoms. The largest absolute Gasteiger partial charge is 0.348 e. The average Bonchev–Trinajstić information content (AvgIpc) is 2.97. The lowest BCUT2D eigenvalue weighted by molar-refractivity contribution is -0.116. The molecule has 0 spiro atoms. The first-order chi connectivity index (χ1) is 13.8. The van der Waals surface area contributed by atoms with Crippen molar-refractivity contribution in [3.63, 3.8) is 0 Å². The molecule has 156 valence electrons. The van der Waals surface area contributed by atoms with Gasteiger partial charge in [0.05, 0.1) is 10.6 Å². The third-order valence-electron chi connectivity index (χ3n) is 5.31. The van der Waals surface area contributed by atoms with Crippen LogP contribution in [0.5, 0.6) is 0 Å². The van der Waals surface area contributed by atoms with Crippen LogP contribution in [0.25, 0.3) is 6.08 Å². The normalized spacial score (nSPS) is 15.7. The number of amides is 1. The predicted octanol–water partition coefficient (Wildman–Crippen LogP) is 2.54. The molecule has 1 aromatic heterocycles. The third-order valence-corrected chi connectivity index (χ3v) is 7.22. The molecular formula is C21H28N4O3S. The summed E-state index contributed by atoms with van der Waals surface area (Å²) in [6.45, 7) is 5.37. The molecule has 1 N–H and O–H groups in total. The van der Waals surface area contributed by atoms with Crippen molar-refractivity contribution >= 4 is 22.0 Å². The number of nitrogens with zero attached hydrogens (tertiary/aromatic N) is 3. The number of aromatic nitrogens is 2. The van der Waals surface area contributed by atoms with Crippen molar-refractivity contribution in [3.8, 4) is 0 Å². The fourth-order valence-electron chi connectivity index (χ4n) is 3.47. The highest BCUT2D eigenvalue weighted by atomic mass is 32.2. The molecule has 0 saturated carbocycles. The van der Waals surface area contributed by atoms with E-state index in [2.05, 4.69) is 10.4 Å². The van der Waals surface area contributed by atoms with E-state index in [0.29, 0.717) is 24.5 Å². The van der Waals surface area contributed by atoms with Crippen molar-refractivity contribution in [1.82, 2.24) is 19.4 Å². The van der Waals surface area contributed by atoms with E-state index in [9.17, 15) is 13.2 Å². The Morgan fingerprint density at radius 3 is 2.38 bits per heavy atom. The van der Waals surface area contributed by atoms with Gasteiger partial charge in [-0.05, 0) is 50.5 Å². The molecule has 7 nitrogen and oxygen atoms in total. The van der Waals surface area contributed by atoms with Gasteiger partial charge in [0.25, 0.3) is 0 Å². The third kappa shape index (κ3) is 4.94. The molecule has 0 atom stereocenters. The van der Waals surface area contributed by atoms with Crippen LogP contribution in [0.1, 0.15) is 41.8 Å². The van der Waals surface area contributed by atoms with Crippen LogP contribution in [-0.4, -0.2) is 41.5 Å². The van der Waals surface area contributed by atoms with Crippen LogP contribution in [0.15, 0.2) is 35.2 Å². The quantitative estimate of drug-likeness (QED) is 0.734. The molecule has 1 fully saturated rings. The Kier molecular flexibility index (Phi) is 6.54. The molecule has 1 aliphatic rings. The standard InChI is InChI=1S/C21H28N4O3S/c1-16-20(17(2)24(3)23-16)11-12-21(26)22-15-18-7-9-19(10-8-18)29(27,28)25-13-5-4-6-14-25/h7-12H,4-6,13-15H2,1-3H3,(H,22,26)/b12-11+. The summed E-state index contributed by atoms with van der Waals surface area (Å²) in [5.74, 6) is -0.210. The lowest BCUT2D eigenvalue weighted by atomic mass is 10.2. The highest BCUT2D eigenvalue weighted by Crippen LogP contribution is 2.21. The van der Waals surface area contributed by atoms with Crippen molar-refractivity contribution in [3.05, 3.63) is 52.9 Å². The molecule has 0 aliphatic carbocycles. The van der Waals surface area contributed by atoms with E-state index in [1.807, 2.05) is 20.9 Å². The Bertz CT molecular complexity index is 1000. The summed E-state index contributed by atoms with van der Waals surface area (Å²) < 4.78 is 28.7. The lowest BCUT2D eigenvalue weighted by Crippen LogP contribution is -2.35. The fourth-order valence-corrected chi connectivity index (χ4v) is 4.99. The minimum Gasteiger partial charge on any atom is -0.348 e. The van der Waals surface area contributed by atoms with Crippen LogP contribution in [0.2, 0.25) is 0 Å². The minimum absolute atomic E-state index is 0.210. The van der Waals surface area contributed by atoms with Crippen LogP contribution in [-0.2, 0) is 28.4 Å². The molecule has 2 aromatic rings. The molecule has 1 aromatic carbocycles. The van der Waals surface area contributed by atoms with Gasteiger partial charge in [0.1, 0.15) is 0 Å². The van der Waals surface area contributed by atoms with Gasteiger partial charge in [0.15, 0.2) is 0 Å². The number of piperidine rings is 1. The van der Waals surface area contributed by atoms with Crippen molar-refractivity contribution in [2.75, 3.05) is 13.1 Å². The number of rotatable bonds is 6. The second-order valence-electron chi connectivity index (χ2n) is 7.37. The summed E-state index contributed by atoms with van der Waals surface area (Å²) in [6, 6.07) is 6.72. The van der Waals surface area contributed by atoms with Crippen LogP contribution >= 0.6 is 0 Å². The smallest absolute Gasteiger partial charge is 0.244 e. The first-order valence-corrected chi connectivity index (χ1v) is 11.3. The van der Waals surface area contributed by atoms with Gasteiger partial charge in [0.2, 0.25) is 15.9 Å². The summed E-state index contributed by atoms with van der Waals surface area (Å²) >= 11 is 0. The topological polar surface area (TPSA) is 84.3 Å². The maximum Gasteiger partial charge on any atom is 0.244 e. The zero-order chi connectivity index (χ0) is 21.0. The fraction of sp³-hybridized carbons (Fsp3) is 0.429. The van der Waals surface area contributed by atoms with Crippen LogP contribution in [0.3, 0.4) is 0 Å². The zero-order valence-electron chi connectivity index (χ0n) is 17.2. The van der Waals surface area contributed by atoms with Gasteiger partial charge in [-0.25, -0.2) is 8.42 Å². The number of nitrogens with one attached hydrogen (secondary N) is 1. The van der Waals surface area contributed by atoms with Crippen molar-refractivity contribution in [2.45, 2.75) is 44.6 Å². The van der Waals surface area contributed by atoms with E-state index < -0.39 is 10.0 Å². The molecule has 0 bridgehead atoms. The first kappa shape index (κ1) is 21.3. The van der Waals surface area contributed by atoms with E-state index in [0.717, 1.165) is 41.8 Å². The van der Waals surface area contributed by atoms with E-state index in [-0.39, 0.29) is 5.91 Å². The zero-order valence-corrected chi connectivity index (χ0v) is 18.0. The summed E-state index contributed by atoms with van der Waals surface area (Å²) in [5, 5.41) is 7.15. The second kappa shape index (κ2) is 8.92. The number of sulfonamides is 1. The number of benzene rings is 1. The Labute approximate surface area is 172 Å². The van der Waals surface area contributed by atoms with E-state index in [4.69, 9.17) is 0 Å². The lowest BCUT2D eigenvalue weighted by Gasteiger charge is -2.25. The van der Waals surface area contributed by atoms with Gasteiger partial charge in [0, 0.05) is 44.0 Å². The van der Waals surface area contributed by atoms with Gasteiger partial charge in [-0.2, -0.15) is 9.40 Å². The Hall–Kier alpha value is -2.45. The minimum atomic E-state index is -3.43. The van der Waals surface area contributed by atoms with E-state index in [1.165, 1.54) is 6.08 Å². The van der Waals surface area contributed by atoms with Crippen molar-refractivity contribution in [1.29, 1.82) is 0 Å². The van der Waals surface area contributed by atoms with Gasteiger partial charge in [-0.15, -0.1) is 0 Å². The Morgan fingerprint density at radius 1 is 1.14 bits per heavy atom. The van der Waals surface area contributed by atoms with Gasteiger partial charge in [-0.1, -0.05) is 18.6 Å². The van der Waals surface area contributed by atoms with Gasteiger partial charge >= 0.3 is 0 Å². The predicted molar refractivity (Wildman–Crippen MR) is 113 cm³/mol. The van der Waals surface area contributed by atoms with E-state index >= 15 is 0 Å². The number of carbonyl (C=O) groups excluding carboxylic acids is 1. The van der Waals surface area contributed by atoms with Gasteiger partial charge < -0.3 is 5.32 Å². The summed E-state index contributed by atoms with van der Waals surface area (Å²) in [5.41, 5.74) is 3.66. The maximum atomic E-state index is 12.7. The summed E-state index contributed by atoms with van der Waals surface area (Å²) in [4.78, 5) is 12.4. The van der Waals surface area contributed by atoms with Crippen LogP contribution in [0, 0.1) is 13.8 Å². The highest BCUT2D eigenvalue weighted by Gasteiger charge is 2.25. The maximum absolute atomic E-state index is 12.7. The highest BCUT2D eigenvalue weighted by molar-refractivity contribution is 7.89. The molecule has 1 saturated heterocycles. The number of hydrogen-bond donors (Lipinski definition) is 1. The Balaban J connectivity index is 1.58. The monoisotopic (exact) mass is 416 g/mol. The number of hydrogen-bond acceptors (Lipinski definition) is 4. The second-order valence-corrected chi connectivity index (χ2v) is 9.31. The molecule has 2 heterocycles. The van der Waals surface area contributed by atoms with Crippen LogP contribution in [0.4, 0.5) is 0 Å². The molecule has 29 heavy (non-hydrogen) atoms. The van der Waals surface area contributed by atoms with E-state index in [1.54, 1.807) is 39.3 Å². The molecule has 0 unspecified atom stereocenters. The summed E-state index contributed by atoms with van der Waals surface area (Å²) in [7, 11) is -1.56. The van der Waals surface area contributed by atoms with Crippen LogP contribution < -0.4 is 5.32 Å². The SMILES string of the molecule is Cc1nn(C)c(C)c1/C=C/C(=O)NCc1ccc(S(=O)(=O)N2CCCCC2)cc1. The molecule has 1 aliphatic heterocycles. The van der Waals surface area contributed by atoms with Crippen molar-refractivity contribution < 1.29 is 13.2 Å².